The number of carbonyl (C=O) groups is 1. The first kappa shape index (κ1) is 15.5. The summed E-state index contributed by atoms with van der Waals surface area (Å²) in [6.07, 6.45) is 7.88. The van der Waals surface area contributed by atoms with Gasteiger partial charge in [-0.25, -0.2) is 0 Å². The number of carboxylic acid groups (broad SMARTS) is 1. The van der Waals surface area contributed by atoms with Gasteiger partial charge in [-0.2, -0.15) is 0 Å². The maximum atomic E-state index is 10.6. The number of aliphatic carboxylic acids is 1. The monoisotopic (exact) mass is 263 g/mol. The van der Waals surface area contributed by atoms with Gasteiger partial charge < -0.3 is 10.4 Å². The highest BCUT2D eigenvalue weighted by Gasteiger charge is 1.99. The maximum Gasteiger partial charge on any atom is 0.307 e. The van der Waals surface area contributed by atoms with Gasteiger partial charge in [0, 0.05) is 12.2 Å². The largest absolute Gasteiger partial charge is 0.481 e. The predicted octanol–water partition coefficient (Wildman–Crippen LogP) is 4.09. The Hall–Kier alpha value is -1.51. The molecule has 106 valence electrons. The van der Waals surface area contributed by atoms with Gasteiger partial charge in [-0.15, -0.1) is 0 Å². The molecule has 0 heterocycles. The highest BCUT2D eigenvalue weighted by Crippen LogP contribution is 2.11. The summed E-state index contributed by atoms with van der Waals surface area (Å²) in [5, 5.41) is 12.1. The van der Waals surface area contributed by atoms with Gasteiger partial charge in [-0.05, 0) is 24.1 Å². The van der Waals surface area contributed by atoms with Crippen LogP contribution < -0.4 is 5.32 Å². The maximum absolute atomic E-state index is 10.6. The summed E-state index contributed by atoms with van der Waals surface area (Å²) >= 11 is 0. The molecule has 19 heavy (non-hydrogen) atoms. The van der Waals surface area contributed by atoms with Crippen LogP contribution in [0, 0.1) is 0 Å². The molecule has 0 aromatic heterocycles. The number of benzene rings is 1. The molecular formula is C16H25NO2. The molecule has 0 saturated carbocycles. The molecule has 0 unspecified atom stereocenters. The van der Waals surface area contributed by atoms with Crippen molar-refractivity contribution in [3.63, 3.8) is 0 Å². The second-order valence-corrected chi connectivity index (χ2v) is 4.96. The van der Waals surface area contributed by atoms with Gasteiger partial charge in [0.15, 0.2) is 0 Å². The Morgan fingerprint density at radius 2 is 1.68 bits per heavy atom. The van der Waals surface area contributed by atoms with E-state index in [0.29, 0.717) is 0 Å². The van der Waals surface area contributed by atoms with Crippen LogP contribution in [0.15, 0.2) is 24.3 Å². The van der Waals surface area contributed by atoms with Crippen molar-refractivity contribution >= 4 is 11.7 Å². The van der Waals surface area contributed by atoms with Crippen molar-refractivity contribution in [1.29, 1.82) is 0 Å². The van der Waals surface area contributed by atoms with E-state index in [1.54, 1.807) is 0 Å². The van der Waals surface area contributed by atoms with Crippen LogP contribution in [0.3, 0.4) is 0 Å². The summed E-state index contributed by atoms with van der Waals surface area (Å²) in [6, 6.07) is 7.65. The second kappa shape index (κ2) is 9.42. The van der Waals surface area contributed by atoms with Crippen molar-refractivity contribution < 1.29 is 9.90 Å². The lowest BCUT2D eigenvalue weighted by Crippen LogP contribution is -2.03. The SMILES string of the molecule is CCCCCCCCNc1ccc(CC(=O)O)cc1. The minimum absolute atomic E-state index is 0.0949. The Kier molecular flexibility index (Phi) is 7.71. The van der Waals surface area contributed by atoms with E-state index in [2.05, 4.69) is 12.2 Å². The van der Waals surface area contributed by atoms with E-state index >= 15 is 0 Å². The molecule has 0 radical (unpaired) electrons. The third-order valence-electron chi connectivity index (χ3n) is 3.17. The summed E-state index contributed by atoms with van der Waals surface area (Å²) < 4.78 is 0. The summed E-state index contributed by atoms with van der Waals surface area (Å²) in [5.41, 5.74) is 1.92. The molecule has 1 rings (SSSR count). The zero-order valence-electron chi connectivity index (χ0n) is 11.8. The number of unbranched alkanes of at least 4 members (excludes halogenated alkanes) is 5. The first-order chi connectivity index (χ1) is 9.22. The van der Waals surface area contributed by atoms with E-state index in [1.165, 1.54) is 38.5 Å². The molecule has 3 heteroatoms. The van der Waals surface area contributed by atoms with Gasteiger partial charge in [0.2, 0.25) is 0 Å². The molecule has 0 atom stereocenters. The lowest BCUT2D eigenvalue weighted by atomic mass is 10.1. The number of hydrogen-bond acceptors (Lipinski definition) is 2. The Morgan fingerprint density at radius 3 is 2.32 bits per heavy atom. The fraction of sp³-hybridized carbons (Fsp3) is 0.562. The van der Waals surface area contributed by atoms with Gasteiger partial charge in [-0.1, -0.05) is 51.2 Å². The van der Waals surface area contributed by atoms with Crippen LogP contribution in [0.5, 0.6) is 0 Å². The Morgan fingerprint density at radius 1 is 1.05 bits per heavy atom. The van der Waals surface area contributed by atoms with Crippen molar-refractivity contribution in [2.24, 2.45) is 0 Å². The first-order valence-electron chi connectivity index (χ1n) is 7.27. The summed E-state index contributed by atoms with van der Waals surface area (Å²) in [4.78, 5) is 10.6. The Bertz CT molecular complexity index is 360. The van der Waals surface area contributed by atoms with Gasteiger partial charge in [-0.3, -0.25) is 4.79 Å². The van der Waals surface area contributed by atoms with Gasteiger partial charge in [0.25, 0.3) is 0 Å². The van der Waals surface area contributed by atoms with E-state index < -0.39 is 5.97 Å². The number of anilines is 1. The molecule has 1 aromatic carbocycles. The van der Waals surface area contributed by atoms with Crippen LogP contribution in [0.4, 0.5) is 5.69 Å². The van der Waals surface area contributed by atoms with Crippen LogP contribution in [-0.2, 0) is 11.2 Å². The third-order valence-corrected chi connectivity index (χ3v) is 3.17. The van der Waals surface area contributed by atoms with E-state index in [9.17, 15) is 4.79 Å². The highest BCUT2D eigenvalue weighted by atomic mass is 16.4. The number of nitrogens with one attached hydrogen (secondary N) is 1. The van der Waals surface area contributed by atoms with Crippen molar-refractivity contribution in [1.82, 2.24) is 0 Å². The molecule has 3 nitrogen and oxygen atoms in total. The minimum Gasteiger partial charge on any atom is -0.481 e. The molecule has 0 aliphatic carbocycles. The van der Waals surface area contributed by atoms with Gasteiger partial charge >= 0.3 is 5.97 Å². The average molecular weight is 263 g/mol. The zero-order chi connectivity index (χ0) is 13.9. The van der Waals surface area contributed by atoms with Gasteiger partial charge in [0.05, 0.1) is 6.42 Å². The fourth-order valence-corrected chi connectivity index (χ4v) is 2.05. The minimum atomic E-state index is -0.784. The van der Waals surface area contributed by atoms with E-state index in [4.69, 9.17) is 5.11 Å². The van der Waals surface area contributed by atoms with Crippen molar-refractivity contribution in [2.75, 3.05) is 11.9 Å². The number of hydrogen-bond donors (Lipinski definition) is 2. The molecule has 2 N–H and O–H groups in total. The first-order valence-corrected chi connectivity index (χ1v) is 7.27. The van der Waals surface area contributed by atoms with Crippen molar-refractivity contribution in [3.8, 4) is 0 Å². The highest BCUT2D eigenvalue weighted by molar-refractivity contribution is 5.70. The van der Waals surface area contributed by atoms with Crippen molar-refractivity contribution in [3.05, 3.63) is 29.8 Å². The molecule has 0 amide bonds. The molecule has 0 saturated heterocycles. The van der Waals surface area contributed by atoms with E-state index in [0.717, 1.165) is 17.8 Å². The number of carboxylic acids is 1. The predicted molar refractivity (Wildman–Crippen MR) is 79.6 cm³/mol. The van der Waals surface area contributed by atoms with Crippen LogP contribution in [-0.4, -0.2) is 17.6 Å². The third kappa shape index (κ3) is 7.50. The Labute approximate surface area is 116 Å². The molecule has 0 aliphatic heterocycles. The normalized spacial score (nSPS) is 10.4. The smallest absolute Gasteiger partial charge is 0.307 e. The van der Waals surface area contributed by atoms with E-state index in [-0.39, 0.29) is 6.42 Å². The molecule has 0 spiro atoms. The molecule has 0 bridgehead atoms. The molecular weight excluding hydrogens is 238 g/mol. The van der Waals surface area contributed by atoms with Crippen LogP contribution in [0.1, 0.15) is 51.0 Å². The summed E-state index contributed by atoms with van der Waals surface area (Å²) in [7, 11) is 0. The molecule has 1 aromatic rings. The van der Waals surface area contributed by atoms with E-state index in [1.807, 2.05) is 24.3 Å². The van der Waals surface area contributed by atoms with Crippen LogP contribution >= 0.6 is 0 Å². The van der Waals surface area contributed by atoms with Crippen LogP contribution in [0.25, 0.3) is 0 Å². The topological polar surface area (TPSA) is 49.3 Å². The lowest BCUT2D eigenvalue weighted by molar-refractivity contribution is -0.136. The van der Waals surface area contributed by atoms with Gasteiger partial charge in [0.1, 0.15) is 0 Å². The summed E-state index contributed by atoms with van der Waals surface area (Å²) in [6.45, 7) is 3.22. The molecule has 0 aliphatic rings. The van der Waals surface area contributed by atoms with Crippen molar-refractivity contribution in [2.45, 2.75) is 51.9 Å². The standard InChI is InChI=1S/C16H25NO2/c1-2-3-4-5-6-7-12-17-15-10-8-14(9-11-15)13-16(18)19/h8-11,17H,2-7,12-13H2,1H3,(H,18,19). The quantitative estimate of drug-likeness (QED) is 0.625. The zero-order valence-corrected chi connectivity index (χ0v) is 11.8. The summed E-state index contributed by atoms with van der Waals surface area (Å²) in [5.74, 6) is -0.784. The fourth-order valence-electron chi connectivity index (χ4n) is 2.05. The number of rotatable bonds is 10. The Balaban J connectivity index is 2.14. The lowest BCUT2D eigenvalue weighted by Gasteiger charge is -2.07. The van der Waals surface area contributed by atoms with Crippen LogP contribution in [0.2, 0.25) is 0 Å². The second-order valence-electron chi connectivity index (χ2n) is 4.96. The molecule has 0 fully saturated rings. The average Bonchev–Trinajstić information content (AvgIpc) is 2.39.